The van der Waals surface area contributed by atoms with E-state index >= 15 is 0 Å². The van der Waals surface area contributed by atoms with Crippen LogP contribution in [0.3, 0.4) is 0 Å². The first-order valence-corrected chi connectivity index (χ1v) is 6.43. The molecule has 0 bridgehead atoms. The first-order valence-electron chi connectivity index (χ1n) is 5.55. The van der Waals surface area contributed by atoms with Crippen LogP contribution in [0.25, 0.3) is 0 Å². The lowest BCUT2D eigenvalue weighted by Crippen LogP contribution is -2.46. The molecule has 2 atom stereocenters. The molecule has 1 aliphatic rings. The number of rotatable bonds is 3. The van der Waals surface area contributed by atoms with Gasteiger partial charge in [0.25, 0.3) is 0 Å². The maximum Gasteiger partial charge on any atom is 0.0794 e. The summed E-state index contributed by atoms with van der Waals surface area (Å²) in [7, 11) is 2.20. The molecule has 2 unspecified atom stereocenters. The SMILES string of the molecule is CC1CN(C)CCC1NCc1cncs1. The van der Waals surface area contributed by atoms with Gasteiger partial charge in [-0.1, -0.05) is 6.92 Å². The van der Waals surface area contributed by atoms with Gasteiger partial charge in [0.15, 0.2) is 0 Å². The average Bonchev–Trinajstić information content (AvgIpc) is 2.69. The van der Waals surface area contributed by atoms with Crippen molar-refractivity contribution < 1.29 is 0 Å². The minimum Gasteiger partial charge on any atom is -0.309 e. The second-order valence-electron chi connectivity index (χ2n) is 4.48. The van der Waals surface area contributed by atoms with Crippen LogP contribution in [0.5, 0.6) is 0 Å². The number of hydrogen-bond donors (Lipinski definition) is 1. The molecule has 1 fully saturated rings. The molecule has 0 radical (unpaired) electrons. The van der Waals surface area contributed by atoms with Gasteiger partial charge in [-0.3, -0.25) is 4.98 Å². The van der Waals surface area contributed by atoms with Gasteiger partial charge in [-0.25, -0.2) is 0 Å². The summed E-state index contributed by atoms with van der Waals surface area (Å²) in [6.45, 7) is 5.73. The van der Waals surface area contributed by atoms with Crippen molar-refractivity contribution in [2.75, 3.05) is 20.1 Å². The Morgan fingerprint density at radius 3 is 3.20 bits per heavy atom. The van der Waals surface area contributed by atoms with Crippen molar-refractivity contribution in [1.29, 1.82) is 0 Å². The van der Waals surface area contributed by atoms with Gasteiger partial charge in [-0.05, 0) is 25.9 Å². The average molecular weight is 225 g/mol. The fourth-order valence-electron chi connectivity index (χ4n) is 2.22. The summed E-state index contributed by atoms with van der Waals surface area (Å²) < 4.78 is 0. The summed E-state index contributed by atoms with van der Waals surface area (Å²) in [6, 6.07) is 0.670. The van der Waals surface area contributed by atoms with E-state index in [0.29, 0.717) is 6.04 Å². The molecule has 2 heterocycles. The summed E-state index contributed by atoms with van der Waals surface area (Å²) >= 11 is 1.73. The van der Waals surface area contributed by atoms with E-state index in [9.17, 15) is 0 Å². The molecular formula is C11H19N3S. The van der Waals surface area contributed by atoms with Crippen molar-refractivity contribution in [3.8, 4) is 0 Å². The van der Waals surface area contributed by atoms with Crippen LogP contribution >= 0.6 is 11.3 Å². The van der Waals surface area contributed by atoms with Crippen molar-refractivity contribution in [2.45, 2.75) is 25.9 Å². The standard InChI is InChI=1S/C11H19N3S/c1-9-7-14(2)4-3-11(9)13-6-10-5-12-8-15-10/h5,8-9,11,13H,3-4,6-7H2,1-2H3. The molecule has 0 aliphatic carbocycles. The molecule has 1 saturated heterocycles. The molecule has 4 heteroatoms. The monoisotopic (exact) mass is 225 g/mol. The fourth-order valence-corrected chi connectivity index (χ4v) is 2.76. The molecule has 1 aromatic rings. The molecule has 3 nitrogen and oxygen atoms in total. The largest absolute Gasteiger partial charge is 0.309 e. The van der Waals surface area contributed by atoms with Crippen molar-refractivity contribution in [3.63, 3.8) is 0 Å². The van der Waals surface area contributed by atoms with E-state index in [4.69, 9.17) is 0 Å². The topological polar surface area (TPSA) is 28.2 Å². The Morgan fingerprint density at radius 1 is 1.67 bits per heavy atom. The van der Waals surface area contributed by atoms with Gasteiger partial charge in [0.1, 0.15) is 0 Å². The second-order valence-corrected chi connectivity index (χ2v) is 5.45. The third kappa shape index (κ3) is 3.00. The predicted octanol–water partition coefficient (Wildman–Crippen LogP) is 1.57. The third-order valence-electron chi connectivity index (χ3n) is 3.13. The van der Waals surface area contributed by atoms with Crippen LogP contribution in [0, 0.1) is 5.92 Å². The number of piperidine rings is 1. The number of aromatic nitrogens is 1. The minimum absolute atomic E-state index is 0.670. The lowest BCUT2D eigenvalue weighted by atomic mass is 9.94. The highest BCUT2D eigenvalue weighted by molar-refractivity contribution is 7.09. The number of hydrogen-bond acceptors (Lipinski definition) is 4. The highest BCUT2D eigenvalue weighted by Gasteiger charge is 2.23. The van der Waals surface area contributed by atoms with E-state index in [1.54, 1.807) is 11.3 Å². The summed E-state index contributed by atoms with van der Waals surface area (Å²) in [5.41, 5.74) is 1.90. The van der Waals surface area contributed by atoms with Crippen molar-refractivity contribution in [3.05, 3.63) is 16.6 Å². The smallest absolute Gasteiger partial charge is 0.0794 e. The molecule has 0 spiro atoms. The quantitative estimate of drug-likeness (QED) is 0.846. The van der Waals surface area contributed by atoms with E-state index in [1.165, 1.54) is 24.4 Å². The number of thiazole rings is 1. The zero-order valence-electron chi connectivity index (χ0n) is 9.44. The Balaban J connectivity index is 1.79. The third-order valence-corrected chi connectivity index (χ3v) is 3.91. The van der Waals surface area contributed by atoms with Crippen molar-refractivity contribution in [2.24, 2.45) is 5.92 Å². The van der Waals surface area contributed by atoms with Crippen LogP contribution in [-0.2, 0) is 6.54 Å². The normalized spacial score (nSPS) is 28.1. The first-order chi connectivity index (χ1) is 7.25. The van der Waals surface area contributed by atoms with Gasteiger partial charge in [0.05, 0.1) is 5.51 Å². The van der Waals surface area contributed by atoms with Gasteiger partial charge in [0.2, 0.25) is 0 Å². The molecule has 15 heavy (non-hydrogen) atoms. The first kappa shape index (κ1) is 11.0. The van der Waals surface area contributed by atoms with Gasteiger partial charge in [-0.15, -0.1) is 11.3 Å². The van der Waals surface area contributed by atoms with Gasteiger partial charge in [0, 0.05) is 30.2 Å². The molecule has 0 saturated carbocycles. The molecule has 0 amide bonds. The van der Waals surface area contributed by atoms with Crippen molar-refractivity contribution >= 4 is 11.3 Å². The van der Waals surface area contributed by atoms with E-state index in [1.807, 2.05) is 11.7 Å². The Morgan fingerprint density at radius 2 is 2.53 bits per heavy atom. The molecule has 1 N–H and O–H groups in total. The molecule has 0 aromatic carbocycles. The van der Waals surface area contributed by atoms with E-state index in [-0.39, 0.29) is 0 Å². The summed E-state index contributed by atoms with van der Waals surface area (Å²) in [4.78, 5) is 7.83. The Bertz CT molecular complexity index is 286. The van der Waals surface area contributed by atoms with Crippen LogP contribution in [-0.4, -0.2) is 36.1 Å². The van der Waals surface area contributed by atoms with E-state index < -0.39 is 0 Å². The summed E-state index contributed by atoms with van der Waals surface area (Å²) in [6.07, 6.45) is 3.22. The number of likely N-dealkylation sites (tertiary alicyclic amines) is 1. The van der Waals surface area contributed by atoms with Gasteiger partial charge in [-0.2, -0.15) is 0 Å². The highest BCUT2D eigenvalue weighted by atomic mass is 32.1. The molecule has 1 aliphatic heterocycles. The Kier molecular flexibility index (Phi) is 3.72. The van der Waals surface area contributed by atoms with Crippen LogP contribution in [0.15, 0.2) is 11.7 Å². The predicted molar refractivity (Wildman–Crippen MR) is 64.0 cm³/mol. The zero-order valence-corrected chi connectivity index (χ0v) is 10.3. The Labute approximate surface area is 95.5 Å². The van der Waals surface area contributed by atoms with Gasteiger partial charge < -0.3 is 10.2 Å². The summed E-state index contributed by atoms with van der Waals surface area (Å²) in [5, 5.41) is 3.64. The minimum atomic E-state index is 0.670. The lowest BCUT2D eigenvalue weighted by Gasteiger charge is -2.35. The lowest BCUT2D eigenvalue weighted by molar-refractivity contribution is 0.174. The Hall–Kier alpha value is -0.450. The number of nitrogens with one attached hydrogen (secondary N) is 1. The second kappa shape index (κ2) is 5.05. The van der Waals surface area contributed by atoms with Gasteiger partial charge >= 0.3 is 0 Å². The van der Waals surface area contributed by atoms with E-state index in [2.05, 4.69) is 29.2 Å². The molecule has 2 rings (SSSR count). The molecule has 1 aromatic heterocycles. The van der Waals surface area contributed by atoms with Crippen LogP contribution in [0.1, 0.15) is 18.2 Å². The maximum absolute atomic E-state index is 4.09. The van der Waals surface area contributed by atoms with Crippen LogP contribution in [0.2, 0.25) is 0 Å². The maximum atomic E-state index is 4.09. The van der Waals surface area contributed by atoms with Crippen molar-refractivity contribution in [1.82, 2.24) is 15.2 Å². The summed E-state index contributed by atoms with van der Waals surface area (Å²) in [5.74, 6) is 0.747. The van der Waals surface area contributed by atoms with Crippen LogP contribution in [0.4, 0.5) is 0 Å². The molecular weight excluding hydrogens is 206 g/mol. The number of nitrogens with zero attached hydrogens (tertiary/aromatic N) is 2. The highest BCUT2D eigenvalue weighted by Crippen LogP contribution is 2.16. The van der Waals surface area contributed by atoms with E-state index in [0.717, 1.165) is 12.5 Å². The molecule has 84 valence electrons. The van der Waals surface area contributed by atoms with Crippen LogP contribution < -0.4 is 5.32 Å². The fraction of sp³-hybridized carbons (Fsp3) is 0.727. The zero-order chi connectivity index (χ0) is 10.7.